The summed E-state index contributed by atoms with van der Waals surface area (Å²) in [7, 11) is 0. The zero-order chi connectivity index (χ0) is 17.0. The molecule has 8 heteroatoms. The fraction of sp³-hybridized carbons (Fsp3) is 0.200. The number of thioether (sulfide) groups is 1. The Morgan fingerprint density at radius 2 is 1.96 bits per heavy atom. The number of amides is 1. The van der Waals surface area contributed by atoms with Crippen LogP contribution in [0, 0.1) is 0 Å². The Morgan fingerprint density at radius 3 is 2.48 bits per heavy atom. The minimum atomic E-state index is -1.05. The molecular weight excluding hydrogens is 320 g/mol. The third-order valence-corrected chi connectivity index (χ3v) is 4.21. The van der Waals surface area contributed by atoms with E-state index in [0.29, 0.717) is 10.9 Å². The van der Waals surface area contributed by atoms with Crippen molar-refractivity contribution in [3.8, 4) is 0 Å². The first-order chi connectivity index (χ1) is 10.9. The van der Waals surface area contributed by atoms with Gasteiger partial charge in [0.15, 0.2) is 5.17 Å². The van der Waals surface area contributed by atoms with Crippen molar-refractivity contribution in [2.45, 2.75) is 11.7 Å². The van der Waals surface area contributed by atoms with Gasteiger partial charge in [-0.2, -0.15) is 0 Å². The minimum absolute atomic E-state index is 0.135. The molecule has 1 fully saturated rings. The number of aromatic carboxylic acids is 1. The molecule has 1 amide bonds. The largest absolute Gasteiger partial charge is 0.481 e. The lowest BCUT2D eigenvalue weighted by molar-refractivity contribution is -0.139. The summed E-state index contributed by atoms with van der Waals surface area (Å²) >= 11 is 1.08. The van der Waals surface area contributed by atoms with E-state index >= 15 is 0 Å². The van der Waals surface area contributed by atoms with E-state index in [4.69, 9.17) is 10.2 Å². The number of aliphatic imine (C=N–C) groups is 1. The maximum absolute atomic E-state index is 12.2. The Morgan fingerprint density at radius 1 is 1.30 bits per heavy atom. The van der Waals surface area contributed by atoms with Crippen LogP contribution in [-0.4, -0.2) is 49.9 Å². The van der Waals surface area contributed by atoms with Gasteiger partial charge in [0.05, 0.1) is 17.7 Å². The highest BCUT2D eigenvalue weighted by molar-refractivity contribution is 8.15. The van der Waals surface area contributed by atoms with Crippen LogP contribution in [0.25, 0.3) is 0 Å². The van der Waals surface area contributed by atoms with Crippen LogP contribution >= 0.6 is 11.8 Å². The Kier molecular flexibility index (Phi) is 5.17. The van der Waals surface area contributed by atoms with Gasteiger partial charge < -0.3 is 10.2 Å². The number of hydrogen-bond acceptors (Lipinski definition) is 5. The molecule has 1 aromatic carbocycles. The zero-order valence-electron chi connectivity index (χ0n) is 12.0. The molecule has 0 radical (unpaired) electrons. The number of carbonyl (C=O) groups is 3. The van der Waals surface area contributed by atoms with Gasteiger partial charge in [-0.3, -0.25) is 14.5 Å². The third kappa shape index (κ3) is 3.98. The van der Waals surface area contributed by atoms with Crippen LogP contribution in [0.1, 0.15) is 16.8 Å². The summed E-state index contributed by atoms with van der Waals surface area (Å²) in [6.45, 7) is 3.81. The first-order valence-electron chi connectivity index (χ1n) is 6.65. The third-order valence-electron chi connectivity index (χ3n) is 3.03. The number of rotatable bonds is 6. The van der Waals surface area contributed by atoms with Gasteiger partial charge in [0.1, 0.15) is 5.25 Å². The monoisotopic (exact) mass is 334 g/mol. The molecule has 1 aliphatic heterocycles. The summed E-state index contributed by atoms with van der Waals surface area (Å²) in [5, 5.41) is 17.4. The van der Waals surface area contributed by atoms with Crippen molar-refractivity contribution in [3.05, 3.63) is 42.5 Å². The lowest BCUT2D eigenvalue weighted by Crippen LogP contribution is -2.32. The standard InChI is InChI=1S/C15H14N2O5S/c1-2-7-17-13(20)11(8-12(18)19)23-15(17)16-10-5-3-9(4-6-10)14(21)22/h2-6,11H,1,7-8H2,(H,18,19)(H,21,22)/t11-/m0/s1. The van der Waals surface area contributed by atoms with Crippen molar-refractivity contribution >= 4 is 40.5 Å². The number of carboxylic acids is 2. The van der Waals surface area contributed by atoms with Crippen molar-refractivity contribution in [2.75, 3.05) is 6.54 Å². The first-order valence-corrected chi connectivity index (χ1v) is 7.53. The highest BCUT2D eigenvalue weighted by Gasteiger charge is 2.38. The van der Waals surface area contributed by atoms with Crippen LogP contribution in [0.5, 0.6) is 0 Å². The summed E-state index contributed by atoms with van der Waals surface area (Å²) in [4.78, 5) is 39.6. The van der Waals surface area contributed by atoms with Crippen molar-refractivity contribution in [2.24, 2.45) is 4.99 Å². The molecule has 1 aliphatic rings. The fourth-order valence-corrected chi connectivity index (χ4v) is 3.13. The molecule has 0 saturated carbocycles. The van der Waals surface area contributed by atoms with Crippen LogP contribution in [0.2, 0.25) is 0 Å². The van der Waals surface area contributed by atoms with E-state index in [1.807, 2.05) is 0 Å². The van der Waals surface area contributed by atoms with Gasteiger partial charge in [-0.15, -0.1) is 6.58 Å². The highest BCUT2D eigenvalue weighted by atomic mass is 32.2. The van der Waals surface area contributed by atoms with Crippen LogP contribution < -0.4 is 0 Å². The number of hydrogen-bond donors (Lipinski definition) is 2. The summed E-state index contributed by atoms with van der Waals surface area (Å²) in [6, 6.07) is 5.88. The zero-order valence-corrected chi connectivity index (χ0v) is 12.8. The van der Waals surface area contributed by atoms with Gasteiger partial charge in [0, 0.05) is 6.54 Å². The predicted octanol–water partition coefficient (Wildman–Crippen LogP) is 1.98. The molecule has 0 aromatic heterocycles. The van der Waals surface area contributed by atoms with E-state index < -0.39 is 17.2 Å². The summed E-state index contributed by atoms with van der Waals surface area (Å²) in [6.07, 6.45) is 1.25. The summed E-state index contributed by atoms with van der Waals surface area (Å²) in [5.41, 5.74) is 0.617. The van der Waals surface area contributed by atoms with Crippen molar-refractivity contribution in [1.82, 2.24) is 4.90 Å². The second-order valence-electron chi connectivity index (χ2n) is 4.69. The van der Waals surface area contributed by atoms with E-state index in [1.165, 1.54) is 35.2 Å². The number of aliphatic carboxylic acids is 1. The molecule has 0 unspecified atom stereocenters. The maximum Gasteiger partial charge on any atom is 0.335 e. The number of amidine groups is 1. The molecular formula is C15H14N2O5S. The van der Waals surface area contributed by atoms with Gasteiger partial charge in [0.25, 0.3) is 0 Å². The van der Waals surface area contributed by atoms with E-state index in [9.17, 15) is 14.4 Å². The van der Waals surface area contributed by atoms with E-state index in [-0.39, 0.29) is 24.4 Å². The van der Waals surface area contributed by atoms with Gasteiger partial charge in [-0.1, -0.05) is 17.8 Å². The molecule has 2 N–H and O–H groups in total. The molecule has 2 rings (SSSR count). The Labute approximate surface area is 136 Å². The Bertz CT molecular complexity index is 684. The fourth-order valence-electron chi connectivity index (χ4n) is 1.97. The SMILES string of the molecule is C=CCN1C(=O)[C@H](CC(=O)O)SC1=Nc1ccc(C(=O)O)cc1. The first kappa shape index (κ1) is 16.8. The Balaban J connectivity index is 2.27. The van der Waals surface area contributed by atoms with Crippen molar-refractivity contribution < 1.29 is 24.6 Å². The molecule has 0 bridgehead atoms. The molecule has 1 heterocycles. The molecule has 23 heavy (non-hydrogen) atoms. The van der Waals surface area contributed by atoms with Crippen LogP contribution in [0.3, 0.4) is 0 Å². The second-order valence-corrected chi connectivity index (χ2v) is 5.86. The van der Waals surface area contributed by atoms with Gasteiger partial charge in [-0.05, 0) is 24.3 Å². The molecule has 120 valence electrons. The molecule has 0 aliphatic carbocycles. The predicted molar refractivity (Wildman–Crippen MR) is 86.0 cm³/mol. The molecule has 7 nitrogen and oxygen atoms in total. The van der Waals surface area contributed by atoms with Crippen molar-refractivity contribution in [3.63, 3.8) is 0 Å². The number of benzene rings is 1. The molecule has 1 atom stereocenters. The number of carboxylic acid groups (broad SMARTS) is 2. The van der Waals surface area contributed by atoms with Crippen LogP contribution in [0.4, 0.5) is 5.69 Å². The minimum Gasteiger partial charge on any atom is -0.481 e. The van der Waals surface area contributed by atoms with Crippen LogP contribution in [-0.2, 0) is 9.59 Å². The second kappa shape index (κ2) is 7.10. The van der Waals surface area contributed by atoms with E-state index in [0.717, 1.165) is 11.8 Å². The summed E-state index contributed by atoms with van der Waals surface area (Å²) < 4.78 is 0. The quantitative estimate of drug-likeness (QED) is 0.770. The Hall–Kier alpha value is -2.61. The average molecular weight is 334 g/mol. The molecule has 1 aromatic rings. The van der Waals surface area contributed by atoms with Crippen molar-refractivity contribution in [1.29, 1.82) is 0 Å². The lowest BCUT2D eigenvalue weighted by Gasteiger charge is -2.13. The number of carbonyl (C=O) groups excluding carboxylic acids is 1. The average Bonchev–Trinajstić information content (AvgIpc) is 2.76. The van der Waals surface area contributed by atoms with E-state index in [2.05, 4.69) is 11.6 Å². The number of nitrogens with zero attached hydrogens (tertiary/aromatic N) is 2. The van der Waals surface area contributed by atoms with Crippen LogP contribution in [0.15, 0.2) is 41.9 Å². The normalized spacial score (nSPS) is 19.1. The van der Waals surface area contributed by atoms with Gasteiger partial charge in [-0.25, -0.2) is 9.79 Å². The smallest absolute Gasteiger partial charge is 0.335 e. The highest BCUT2D eigenvalue weighted by Crippen LogP contribution is 2.31. The topological polar surface area (TPSA) is 107 Å². The lowest BCUT2D eigenvalue weighted by atomic mass is 10.2. The van der Waals surface area contributed by atoms with Gasteiger partial charge >= 0.3 is 11.9 Å². The molecule has 1 saturated heterocycles. The molecule has 0 spiro atoms. The van der Waals surface area contributed by atoms with Gasteiger partial charge in [0.2, 0.25) is 5.91 Å². The van der Waals surface area contributed by atoms with E-state index in [1.54, 1.807) is 0 Å². The maximum atomic E-state index is 12.2. The summed E-state index contributed by atoms with van der Waals surface area (Å²) in [5.74, 6) is -2.41.